The molecule has 0 aliphatic carbocycles. The van der Waals surface area contributed by atoms with E-state index in [1.54, 1.807) is 6.92 Å². The first-order valence-electron chi connectivity index (χ1n) is 6.23. The van der Waals surface area contributed by atoms with E-state index in [0.717, 1.165) is 12.3 Å². The van der Waals surface area contributed by atoms with Crippen molar-refractivity contribution in [3.8, 4) is 0 Å². The fourth-order valence-corrected chi connectivity index (χ4v) is 4.05. The number of nitrogens with two attached hydrogens (primary N) is 1. The summed E-state index contributed by atoms with van der Waals surface area (Å²) in [5.74, 6) is 0. The molecule has 0 heterocycles. The lowest BCUT2D eigenvalue weighted by Gasteiger charge is -2.21. The molecule has 1 aromatic carbocycles. The third-order valence-corrected chi connectivity index (χ3v) is 6.07. The molecule has 0 spiro atoms. The van der Waals surface area contributed by atoms with Crippen LogP contribution < -0.4 is 5.73 Å². The molecule has 0 saturated heterocycles. The van der Waals surface area contributed by atoms with Gasteiger partial charge in [-0.25, -0.2) is 16.8 Å². The van der Waals surface area contributed by atoms with Crippen molar-refractivity contribution < 1.29 is 21.6 Å². The van der Waals surface area contributed by atoms with Crippen LogP contribution in [0.25, 0.3) is 0 Å². The maximum atomic E-state index is 12.6. The lowest BCUT2D eigenvalue weighted by molar-refractivity contribution is 0.180. The topological polar surface area (TPSA) is 107 Å². The predicted octanol–water partition coefficient (Wildman–Crippen LogP) is 0.329. The van der Waals surface area contributed by atoms with Gasteiger partial charge >= 0.3 is 0 Å². The van der Waals surface area contributed by atoms with Crippen molar-refractivity contribution in [3.63, 3.8) is 0 Å². The summed E-state index contributed by atoms with van der Waals surface area (Å²) in [6.07, 6.45) is 1.01. The Balaban J connectivity index is 3.36. The van der Waals surface area contributed by atoms with Crippen molar-refractivity contribution in [2.45, 2.75) is 16.7 Å². The molecule has 0 radical (unpaired) electrons. The zero-order chi connectivity index (χ0) is 16.3. The van der Waals surface area contributed by atoms with E-state index in [4.69, 9.17) is 10.5 Å². The van der Waals surface area contributed by atoms with E-state index in [9.17, 15) is 16.8 Å². The van der Waals surface area contributed by atoms with Crippen molar-refractivity contribution in [2.24, 2.45) is 0 Å². The molecular formula is C12H20N2O5S2. The Hall–Kier alpha value is -1.16. The number of sulfonamides is 1. The van der Waals surface area contributed by atoms with Gasteiger partial charge in [-0.05, 0) is 18.2 Å². The second kappa shape index (κ2) is 6.73. The molecule has 1 rings (SSSR count). The molecule has 0 aliphatic rings. The number of rotatable bonds is 7. The van der Waals surface area contributed by atoms with Crippen LogP contribution in [0.4, 0.5) is 5.69 Å². The van der Waals surface area contributed by atoms with Gasteiger partial charge in [-0.2, -0.15) is 4.31 Å². The molecule has 0 atom stereocenters. The zero-order valence-electron chi connectivity index (χ0n) is 12.2. The van der Waals surface area contributed by atoms with Crippen LogP contribution in [-0.4, -0.2) is 54.2 Å². The first-order valence-corrected chi connectivity index (χ1v) is 9.56. The monoisotopic (exact) mass is 336 g/mol. The second-order valence-electron chi connectivity index (χ2n) is 4.46. The normalized spacial score (nSPS) is 12.8. The average Bonchev–Trinajstić information content (AvgIpc) is 2.38. The van der Waals surface area contributed by atoms with E-state index >= 15 is 0 Å². The molecule has 0 unspecified atom stereocenters. The minimum Gasteiger partial charge on any atom is -0.398 e. The number of nitrogens with zero attached hydrogens (tertiary/aromatic N) is 1. The molecule has 2 N–H and O–H groups in total. The van der Waals surface area contributed by atoms with Crippen molar-refractivity contribution in [1.29, 1.82) is 0 Å². The molecule has 1 aromatic rings. The highest BCUT2D eigenvalue weighted by Gasteiger charge is 2.26. The standard InChI is InChI=1S/C12H20N2O5S2/c1-4-14(7-8-19-2)21(17,18)12-9-10(20(3,15)16)5-6-11(12)13/h5-6,9H,4,7-8,13H2,1-3H3. The lowest BCUT2D eigenvalue weighted by Crippen LogP contribution is -2.34. The zero-order valence-corrected chi connectivity index (χ0v) is 13.9. The van der Waals surface area contributed by atoms with Crippen LogP contribution in [0.15, 0.2) is 28.0 Å². The molecule has 0 aliphatic heterocycles. The quantitative estimate of drug-likeness (QED) is 0.719. The lowest BCUT2D eigenvalue weighted by atomic mass is 10.3. The predicted molar refractivity (Wildman–Crippen MR) is 80.3 cm³/mol. The van der Waals surface area contributed by atoms with Crippen LogP contribution in [0.2, 0.25) is 0 Å². The van der Waals surface area contributed by atoms with Crippen LogP contribution >= 0.6 is 0 Å². The van der Waals surface area contributed by atoms with Gasteiger partial charge in [0.1, 0.15) is 4.90 Å². The van der Waals surface area contributed by atoms with Gasteiger partial charge in [0.25, 0.3) is 0 Å². The van der Waals surface area contributed by atoms with Crippen LogP contribution in [0.1, 0.15) is 6.92 Å². The maximum absolute atomic E-state index is 12.6. The smallest absolute Gasteiger partial charge is 0.245 e. The summed E-state index contributed by atoms with van der Waals surface area (Å²) in [5.41, 5.74) is 5.72. The molecule has 120 valence electrons. The average molecular weight is 336 g/mol. The van der Waals surface area contributed by atoms with Crippen molar-refractivity contribution >= 4 is 25.5 Å². The summed E-state index contributed by atoms with van der Waals surface area (Å²) in [7, 11) is -5.92. The highest BCUT2D eigenvalue weighted by atomic mass is 32.2. The maximum Gasteiger partial charge on any atom is 0.245 e. The van der Waals surface area contributed by atoms with Gasteiger partial charge in [-0.3, -0.25) is 0 Å². The van der Waals surface area contributed by atoms with Gasteiger partial charge in [0, 0.05) is 26.5 Å². The van der Waals surface area contributed by atoms with Crippen LogP contribution in [0, 0.1) is 0 Å². The Labute approximate surface area is 125 Å². The fourth-order valence-electron chi connectivity index (χ4n) is 1.75. The Bertz CT molecular complexity index is 698. The van der Waals surface area contributed by atoms with E-state index in [1.165, 1.54) is 23.5 Å². The van der Waals surface area contributed by atoms with Gasteiger partial charge in [-0.15, -0.1) is 0 Å². The summed E-state index contributed by atoms with van der Waals surface area (Å²) in [5, 5.41) is 0. The fraction of sp³-hybridized carbons (Fsp3) is 0.500. The third-order valence-electron chi connectivity index (χ3n) is 2.93. The summed E-state index contributed by atoms with van der Waals surface area (Å²) in [6, 6.07) is 3.66. The highest BCUT2D eigenvalue weighted by Crippen LogP contribution is 2.25. The van der Waals surface area contributed by atoms with Crippen molar-refractivity contribution in [1.82, 2.24) is 4.31 Å². The van der Waals surface area contributed by atoms with E-state index in [-0.39, 0.29) is 35.2 Å². The molecule has 0 aromatic heterocycles. The minimum absolute atomic E-state index is 0.0123. The van der Waals surface area contributed by atoms with Crippen molar-refractivity contribution in [3.05, 3.63) is 18.2 Å². The number of sulfone groups is 1. The summed E-state index contributed by atoms with van der Waals surface area (Å²) < 4.78 is 54.3. The van der Waals surface area contributed by atoms with Gasteiger partial charge in [0.05, 0.1) is 17.2 Å². The van der Waals surface area contributed by atoms with Gasteiger partial charge in [-0.1, -0.05) is 6.92 Å². The number of nitrogen functional groups attached to an aromatic ring is 1. The highest BCUT2D eigenvalue weighted by molar-refractivity contribution is 7.91. The number of methoxy groups -OCH3 is 1. The third kappa shape index (κ3) is 4.16. The minimum atomic E-state index is -3.87. The molecule has 0 fully saturated rings. The number of hydrogen-bond donors (Lipinski definition) is 1. The molecule has 21 heavy (non-hydrogen) atoms. The molecular weight excluding hydrogens is 316 g/mol. The van der Waals surface area contributed by atoms with Crippen LogP contribution in [0.5, 0.6) is 0 Å². The largest absolute Gasteiger partial charge is 0.398 e. The number of anilines is 1. The van der Waals surface area contributed by atoms with Crippen LogP contribution in [-0.2, 0) is 24.6 Å². The van der Waals surface area contributed by atoms with E-state index < -0.39 is 19.9 Å². The number of hydrogen-bond acceptors (Lipinski definition) is 6. The Morgan fingerprint density at radius 3 is 2.33 bits per heavy atom. The SMILES string of the molecule is CCN(CCOC)S(=O)(=O)c1cc(S(C)(=O)=O)ccc1N. The number of likely N-dealkylation sites (N-methyl/N-ethyl adjacent to an activating group) is 1. The first-order chi connectivity index (χ1) is 9.64. The molecule has 0 saturated carbocycles. The second-order valence-corrected chi connectivity index (χ2v) is 8.38. The molecule has 7 nitrogen and oxygen atoms in total. The Kier molecular flexibility index (Phi) is 5.74. The first kappa shape index (κ1) is 17.9. The summed E-state index contributed by atoms with van der Waals surface area (Å²) in [4.78, 5) is -0.290. The van der Waals surface area contributed by atoms with Gasteiger partial charge in [0.15, 0.2) is 9.84 Å². The summed E-state index contributed by atoms with van der Waals surface area (Å²) >= 11 is 0. The summed E-state index contributed by atoms with van der Waals surface area (Å²) in [6.45, 7) is 2.31. The molecule has 0 amide bonds. The number of benzene rings is 1. The van der Waals surface area contributed by atoms with Gasteiger partial charge in [0.2, 0.25) is 10.0 Å². The Morgan fingerprint density at radius 2 is 1.86 bits per heavy atom. The van der Waals surface area contributed by atoms with Gasteiger partial charge < -0.3 is 10.5 Å². The number of ether oxygens (including phenoxy) is 1. The van der Waals surface area contributed by atoms with E-state index in [0.29, 0.717) is 0 Å². The molecule has 0 bridgehead atoms. The van der Waals surface area contributed by atoms with E-state index in [1.807, 2.05) is 0 Å². The van der Waals surface area contributed by atoms with E-state index in [2.05, 4.69) is 0 Å². The molecule has 9 heteroatoms. The Morgan fingerprint density at radius 1 is 1.24 bits per heavy atom. The van der Waals surface area contributed by atoms with Crippen LogP contribution in [0.3, 0.4) is 0 Å². The van der Waals surface area contributed by atoms with Crippen molar-refractivity contribution in [2.75, 3.05) is 38.8 Å².